The lowest BCUT2D eigenvalue weighted by Gasteiger charge is -2.06. The minimum Gasteiger partial charge on any atom is -0.423 e. The number of rotatable bonds is 2. The van der Waals surface area contributed by atoms with Crippen LogP contribution >= 0.6 is 0 Å². The summed E-state index contributed by atoms with van der Waals surface area (Å²) >= 11 is 0. The van der Waals surface area contributed by atoms with Crippen molar-refractivity contribution >= 4 is 0 Å². The maximum atomic E-state index is 11.8. The first-order valence-corrected chi connectivity index (χ1v) is 6.51. The van der Waals surface area contributed by atoms with Gasteiger partial charge in [0, 0.05) is 11.6 Å². The minimum absolute atomic E-state index is 0.329. The zero-order valence-corrected chi connectivity index (χ0v) is 11.2. The molecule has 0 aliphatic carbocycles. The second-order valence-electron chi connectivity index (χ2n) is 4.71. The molecule has 0 radical (unpaired) electrons. The van der Waals surface area contributed by atoms with Gasteiger partial charge < -0.3 is 4.42 Å². The van der Waals surface area contributed by atoms with Crippen LogP contribution in [0.25, 0.3) is 22.5 Å². The Morgan fingerprint density at radius 2 is 1.50 bits per heavy atom. The van der Waals surface area contributed by atoms with Crippen molar-refractivity contribution < 1.29 is 4.42 Å². The Kier molecular flexibility index (Phi) is 3.21. The molecular formula is C18H14O2. The molecule has 0 spiro atoms. The first kappa shape index (κ1) is 12.4. The van der Waals surface area contributed by atoms with Crippen molar-refractivity contribution in [2.75, 3.05) is 0 Å². The summed E-state index contributed by atoms with van der Waals surface area (Å²) < 4.78 is 5.35. The van der Waals surface area contributed by atoms with Gasteiger partial charge in [0.1, 0.15) is 5.76 Å². The quantitative estimate of drug-likeness (QED) is 0.690. The zero-order chi connectivity index (χ0) is 13.9. The van der Waals surface area contributed by atoms with Crippen LogP contribution in [-0.4, -0.2) is 0 Å². The Labute approximate surface area is 117 Å². The molecule has 1 aromatic heterocycles. The van der Waals surface area contributed by atoms with Gasteiger partial charge in [0.2, 0.25) is 0 Å². The van der Waals surface area contributed by atoms with Crippen molar-refractivity contribution in [2.45, 2.75) is 6.92 Å². The van der Waals surface area contributed by atoms with Crippen LogP contribution in [0.15, 0.2) is 75.9 Å². The van der Waals surface area contributed by atoms with Crippen LogP contribution < -0.4 is 5.63 Å². The summed E-state index contributed by atoms with van der Waals surface area (Å²) in [4.78, 5) is 11.8. The Morgan fingerprint density at radius 3 is 2.25 bits per heavy atom. The fourth-order valence-corrected chi connectivity index (χ4v) is 2.26. The second kappa shape index (κ2) is 5.17. The molecule has 0 unspecified atom stereocenters. The predicted molar refractivity (Wildman–Crippen MR) is 80.6 cm³/mol. The molecule has 2 aromatic carbocycles. The molecule has 20 heavy (non-hydrogen) atoms. The third kappa shape index (κ3) is 2.41. The molecule has 0 N–H and O–H groups in total. The lowest BCUT2D eigenvalue weighted by molar-refractivity contribution is 0.526. The van der Waals surface area contributed by atoms with Crippen molar-refractivity contribution in [2.24, 2.45) is 0 Å². The predicted octanol–water partition coefficient (Wildman–Crippen LogP) is 4.28. The third-order valence-electron chi connectivity index (χ3n) is 3.29. The molecule has 0 fully saturated rings. The molecule has 0 saturated heterocycles. The summed E-state index contributed by atoms with van der Waals surface area (Å²) in [7, 11) is 0. The Hall–Kier alpha value is -2.61. The largest absolute Gasteiger partial charge is 0.423 e. The van der Waals surface area contributed by atoms with Gasteiger partial charge in [-0.1, -0.05) is 54.6 Å². The van der Waals surface area contributed by atoms with Gasteiger partial charge in [-0.05, 0) is 29.7 Å². The van der Waals surface area contributed by atoms with Crippen molar-refractivity contribution in [3.8, 4) is 22.5 Å². The summed E-state index contributed by atoms with van der Waals surface area (Å²) in [5.74, 6) is 0.606. The van der Waals surface area contributed by atoms with E-state index in [9.17, 15) is 4.79 Å². The number of aryl methyl sites for hydroxylation is 1. The summed E-state index contributed by atoms with van der Waals surface area (Å²) in [5, 5.41) is 0. The van der Waals surface area contributed by atoms with E-state index in [1.165, 1.54) is 6.07 Å². The van der Waals surface area contributed by atoms with Crippen molar-refractivity contribution in [1.82, 2.24) is 0 Å². The molecule has 2 nitrogen and oxygen atoms in total. The molecule has 0 bridgehead atoms. The van der Waals surface area contributed by atoms with E-state index in [0.29, 0.717) is 5.76 Å². The Bertz CT molecular complexity index is 786. The Morgan fingerprint density at radius 1 is 0.800 bits per heavy atom. The lowest BCUT2D eigenvalue weighted by atomic mass is 10.0. The summed E-state index contributed by atoms with van der Waals surface area (Å²) in [5.41, 5.74) is 3.59. The van der Waals surface area contributed by atoms with Gasteiger partial charge in [-0.15, -0.1) is 0 Å². The topological polar surface area (TPSA) is 30.2 Å². The van der Waals surface area contributed by atoms with Crippen LogP contribution in [0, 0.1) is 6.92 Å². The van der Waals surface area contributed by atoms with Crippen LogP contribution in [0.5, 0.6) is 0 Å². The van der Waals surface area contributed by atoms with E-state index in [1.807, 2.05) is 67.6 Å². The molecular weight excluding hydrogens is 248 g/mol. The lowest BCUT2D eigenvalue weighted by Crippen LogP contribution is -1.99. The molecule has 98 valence electrons. The van der Waals surface area contributed by atoms with Crippen LogP contribution in [0.2, 0.25) is 0 Å². The highest BCUT2D eigenvalue weighted by molar-refractivity contribution is 5.70. The van der Waals surface area contributed by atoms with Crippen molar-refractivity contribution in [1.29, 1.82) is 0 Å². The summed E-state index contributed by atoms with van der Waals surface area (Å²) in [6.45, 7) is 2.00. The highest BCUT2D eigenvalue weighted by Gasteiger charge is 2.08. The number of hydrogen-bond acceptors (Lipinski definition) is 2. The van der Waals surface area contributed by atoms with E-state index in [1.54, 1.807) is 0 Å². The van der Waals surface area contributed by atoms with Crippen molar-refractivity contribution in [3.05, 3.63) is 82.7 Å². The molecule has 2 heteroatoms. The van der Waals surface area contributed by atoms with E-state index in [4.69, 9.17) is 4.42 Å². The molecule has 0 atom stereocenters. The zero-order valence-electron chi connectivity index (χ0n) is 11.2. The van der Waals surface area contributed by atoms with E-state index < -0.39 is 0 Å². The molecule has 0 aliphatic rings. The van der Waals surface area contributed by atoms with Crippen LogP contribution in [0.3, 0.4) is 0 Å². The van der Waals surface area contributed by atoms with Crippen molar-refractivity contribution in [3.63, 3.8) is 0 Å². The standard InChI is InChI=1S/C18H14O2/c1-13-7-5-6-10-16(13)17-11-15(12-18(19)20-17)14-8-3-2-4-9-14/h2-12H,1H3. The fourth-order valence-electron chi connectivity index (χ4n) is 2.26. The van der Waals surface area contributed by atoms with Crippen LogP contribution in [0.4, 0.5) is 0 Å². The summed E-state index contributed by atoms with van der Waals surface area (Å²) in [6, 6.07) is 21.2. The smallest absolute Gasteiger partial charge is 0.336 e. The first-order valence-electron chi connectivity index (χ1n) is 6.51. The highest BCUT2D eigenvalue weighted by atomic mass is 16.4. The Balaban J connectivity index is 2.18. The van der Waals surface area contributed by atoms with Crippen LogP contribution in [-0.2, 0) is 0 Å². The normalized spacial score (nSPS) is 10.4. The second-order valence-corrected chi connectivity index (χ2v) is 4.71. The maximum Gasteiger partial charge on any atom is 0.336 e. The van der Waals surface area contributed by atoms with Crippen LogP contribution in [0.1, 0.15) is 5.56 Å². The van der Waals surface area contributed by atoms with Gasteiger partial charge in [0.05, 0.1) is 0 Å². The van der Waals surface area contributed by atoms with Gasteiger partial charge in [-0.2, -0.15) is 0 Å². The molecule has 3 aromatic rings. The van der Waals surface area contributed by atoms with Gasteiger partial charge >= 0.3 is 5.63 Å². The monoisotopic (exact) mass is 262 g/mol. The average Bonchev–Trinajstić information content (AvgIpc) is 2.48. The van der Waals surface area contributed by atoms with Gasteiger partial charge in [-0.3, -0.25) is 0 Å². The van der Waals surface area contributed by atoms with Gasteiger partial charge in [0.25, 0.3) is 0 Å². The molecule has 0 aliphatic heterocycles. The van der Waals surface area contributed by atoms with Gasteiger partial charge in [-0.25, -0.2) is 4.79 Å². The first-order chi connectivity index (χ1) is 9.74. The SMILES string of the molecule is Cc1ccccc1-c1cc(-c2ccccc2)cc(=O)o1. The third-order valence-corrected chi connectivity index (χ3v) is 3.29. The number of benzene rings is 2. The number of hydrogen-bond donors (Lipinski definition) is 0. The molecule has 3 rings (SSSR count). The van der Waals surface area contributed by atoms with E-state index in [2.05, 4.69) is 0 Å². The summed E-state index contributed by atoms with van der Waals surface area (Å²) in [6.07, 6.45) is 0. The maximum absolute atomic E-state index is 11.8. The molecule has 0 amide bonds. The van der Waals surface area contributed by atoms with E-state index in [-0.39, 0.29) is 5.63 Å². The molecule has 1 heterocycles. The fraction of sp³-hybridized carbons (Fsp3) is 0.0556. The van der Waals surface area contributed by atoms with Gasteiger partial charge in [0.15, 0.2) is 0 Å². The van der Waals surface area contributed by atoms with E-state index in [0.717, 1.165) is 22.3 Å². The van der Waals surface area contributed by atoms with E-state index >= 15 is 0 Å². The molecule has 0 saturated carbocycles. The highest BCUT2D eigenvalue weighted by Crippen LogP contribution is 2.26. The average molecular weight is 262 g/mol. The minimum atomic E-state index is -0.329.